The molecule has 0 spiro atoms. The second kappa shape index (κ2) is 5.68. The van der Waals surface area contributed by atoms with E-state index in [1.807, 2.05) is 0 Å². The van der Waals surface area contributed by atoms with Gasteiger partial charge in [-0.25, -0.2) is 0 Å². The molecule has 108 valence electrons. The molecule has 0 amide bonds. The van der Waals surface area contributed by atoms with Gasteiger partial charge in [-0.2, -0.15) is 0 Å². The fourth-order valence-corrected chi connectivity index (χ4v) is 2.18. The van der Waals surface area contributed by atoms with Crippen molar-refractivity contribution in [2.45, 2.75) is 65.7 Å². The van der Waals surface area contributed by atoms with Gasteiger partial charge in [0.25, 0.3) is 0 Å². The van der Waals surface area contributed by atoms with Crippen molar-refractivity contribution < 1.29 is 4.42 Å². The predicted molar refractivity (Wildman–Crippen MR) is 79.0 cm³/mol. The number of hydrogen-bond donors (Lipinski definition) is 1. The smallest absolute Gasteiger partial charge is 0.118 e. The Balaban J connectivity index is 1.84. The lowest BCUT2D eigenvalue weighted by atomic mass is 9.87. The van der Waals surface area contributed by atoms with Gasteiger partial charge in [0.05, 0.1) is 13.1 Å². The van der Waals surface area contributed by atoms with Crippen LogP contribution in [0.1, 0.15) is 52.1 Å². The fraction of sp³-hybridized carbons (Fsp3) is 0.750. The van der Waals surface area contributed by atoms with Crippen LogP contribution >= 0.6 is 0 Å². The zero-order valence-corrected chi connectivity index (χ0v) is 13.0. The number of furan rings is 1. The van der Waals surface area contributed by atoms with E-state index >= 15 is 0 Å². The molecule has 0 aromatic carbocycles. The topological polar surface area (TPSA) is 28.4 Å². The van der Waals surface area contributed by atoms with E-state index in [4.69, 9.17) is 4.42 Å². The van der Waals surface area contributed by atoms with Gasteiger partial charge in [-0.1, -0.05) is 20.8 Å². The summed E-state index contributed by atoms with van der Waals surface area (Å²) in [6.45, 7) is 10.9. The molecular formula is C16H28N2O. The molecule has 1 unspecified atom stereocenters. The van der Waals surface area contributed by atoms with Crippen LogP contribution in [-0.4, -0.2) is 24.0 Å². The normalized spacial score (nSPS) is 18.0. The van der Waals surface area contributed by atoms with Crippen molar-refractivity contribution in [3.63, 3.8) is 0 Å². The van der Waals surface area contributed by atoms with Crippen molar-refractivity contribution in [2.75, 3.05) is 7.05 Å². The standard InChI is InChI=1S/C16H28N2O/c1-12(16(2,3)4)18(5)11-15-9-8-14(19-15)10-17-13-6-7-13/h8-9,12-13,17H,6-7,10-11H2,1-5H3. The Labute approximate surface area is 117 Å². The molecule has 0 aliphatic heterocycles. The largest absolute Gasteiger partial charge is 0.463 e. The Morgan fingerprint density at radius 3 is 2.53 bits per heavy atom. The average Bonchev–Trinajstić information content (AvgIpc) is 3.05. The highest BCUT2D eigenvalue weighted by molar-refractivity contribution is 5.07. The van der Waals surface area contributed by atoms with Crippen molar-refractivity contribution in [3.8, 4) is 0 Å². The van der Waals surface area contributed by atoms with Gasteiger partial charge in [-0.3, -0.25) is 4.90 Å². The summed E-state index contributed by atoms with van der Waals surface area (Å²) >= 11 is 0. The molecule has 1 aromatic heterocycles. The maximum atomic E-state index is 5.89. The summed E-state index contributed by atoms with van der Waals surface area (Å²) in [4.78, 5) is 2.36. The Hall–Kier alpha value is -0.800. The first kappa shape index (κ1) is 14.6. The number of hydrogen-bond acceptors (Lipinski definition) is 3. The summed E-state index contributed by atoms with van der Waals surface area (Å²) in [6.07, 6.45) is 2.64. The molecule has 3 nitrogen and oxygen atoms in total. The maximum Gasteiger partial charge on any atom is 0.118 e. The zero-order valence-electron chi connectivity index (χ0n) is 13.0. The molecule has 1 fully saturated rings. The Morgan fingerprint density at radius 1 is 1.32 bits per heavy atom. The van der Waals surface area contributed by atoms with Crippen molar-refractivity contribution in [3.05, 3.63) is 23.7 Å². The predicted octanol–water partition coefficient (Wildman–Crippen LogP) is 3.40. The van der Waals surface area contributed by atoms with Gasteiger partial charge in [-0.15, -0.1) is 0 Å². The SMILES string of the molecule is CC(N(C)Cc1ccc(CNC2CC2)o1)C(C)(C)C. The highest BCUT2D eigenvalue weighted by Gasteiger charge is 2.24. The van der Waals surface area contributed by atoms with Crippen molar-refractivity contribution in [2.24, 2.45) is 5.41 Å². The first-order valence-corrected chi connectivity index (χ1v) is 7.37. The second-order valence-electron chi connectivity index (χ2n) is 6.98. The molecule has 19 heavy (non-hydrogen) atoms. The lowest BCUT2D eigenvalue weighted by molar-refractivity contribution is 0.126. The zero-order chi connectivity index (χ0) is 14.0. The van der Waals surface area contributed by atoms with Crippen LogP contribution in [0.2, 0.25) is 0 Å². The van der Waals surface area contributed by atoms with Crippen LogP contribution in [0.15, 0.2) is 16.5 Å². The molecule has 3 heteroatoms. The van der Waals surface area contributed by atoms with Crippen LogP contribution < -0.4 is 5.32 Å². The highest BCUT2D eigenvalue weighted by atomic mass is 16.3. The van der Waals surface area contributed by atoms with Crippen LogP contribution in [0.3, 0.4) is 0 Å². The van der Waals surface area contributed by atoms with Gasteiger partial charge in [0, 0.05) is 12.1 Å². The summed E-state index contributed by atoms with van der Waals surface area (Å²) < 4.78 is 5.89. The minimum Gasteiger partial charge on any atom is -0.463 e. The van der Waals surface area contributed by atoms with Crippen LogP contribution in [-0.2, 0) is 13.1 Å². The summed E-state index contributed by atoms with van der Waals surface area (Å²) in [6, 6.07) is 5.46. The molecule has 0 bridgehead atoms. The molecule has 1 aliphatic carbocycles. The number of nitrogens with one attached hydrogen (secondary N) is 1. The molecule has 1 heterocycles. The van der Waals surface area contributed by atoms with E-state index in [-0.39, 0.29) is 5.41 Å². The molecule has 1 atom stereocenters. The van der Waals surface area contributed by atoms with Crippen LogP contribution in [0.25, 0.3) is 0 Å². The van der Waals surface area contributed by atoms with Crippen LogP contribution in [0.4, 0.5) is 0 Å². The first-order chi connectivity index (χ1) is 8.86. The summed E-state index contributed by atoms with van der Waals surface area (Å²) in [5, 5.41) is 3.48. The number of nitrogens with zero attached hydrogens (tertiary/aromatic N) is 1. The van der Waals surface area contributed by atoms with Crippen molar-refractivity contribution in [1.29, 1.82) is 0 Å². The lowest BCUT2D eigenvalue weighted by Gasteiger charge is -2.34. The Morgan fingerprint density at radius 2 is 1.95 bits per heavy atom. The summed E-state index contributed by atoms with van der Waals surface area (Å²) in [5.41, 5.74) is 0.289. The van der Waals surface area contributed by atoms with E-state index in [1.54, 1.807) is 0 Å². The Bertz CT molecular complexity index is 401. The second-order valence-corrected chi connectivity index (χ2v) is 6.98. The molecular weight excluding hydrogens is 236 g/mol. The quantitative estimate of drug-likeness (QED) is 0.853. The highest BCUT2D eigenvalue weighted by Crippen LogP contribution is 2.24. The van der Waals surface area contributed by atoms with E-state index in [2.05, 4.69) is 57.1 Å². The maximum absolute atomic E-state index is 5.89. The third kappa shape index (κ3) is 4.36. The van der Waals surface area contributed by atoms with Crippen molar-refractivity contribution in [1.82, 2.24) is 10.2 Å². The van der Waals surface area contributed by atoms with E-state index in [9.17, 15) is 0 Å². The minimum atomic E-state index is 0.289. The molecule has 2 rings (SSSR count). The van der Waals surface area contributed by atoms with Gasteiger partial charge in [0.2, 0.25) is 0 Å². The molecule has 1 N–H and O–H groups in total. The van der Waals surface area contributed by atoms with E-state index in [0.717, 1.165) is 30.7 Å². The van der Waals surface area contributed by atoms with Gasteiger partial charge in [-0.05, 0) is 44.4 Å². The van der Waals surface area contributed by atoms with E-state index < -0.39 is 0 Å². The molecule has 1 saturated carbocycles. The monoisotopic (exact) mass is 264 g/mol. The fourth-order valence-electron chi connectivity index (χ4n) is 2.18. The van der Waals surface area contributed by atoms with Crippen LogP contribution in [0, 0.1) is 5.41 Å². The minimum absolute atomic E-state index is 0.289. The molecule has 1 aliphatic rings. The van der Waals surface area contributed by atoms with Gasteiger partial charge in [0.1, 0.15) is 11.5 Å². The molecule has 0 radical (unpaired) electrons. The summed E-state index contributed by atoms with van der Waals surface area (Å²) in [5.74, 6) is 2.12. The average molecular weight is 264 g/mol. The molecule has 1 aromatic rings. The summed E-state index contributed by atoms with van der Waals surface area (Å²) in [7, 11) is 2.17. The van der Waals surface area contributed by atoms with Crippen LogP contribution in [0.5, 0.6) is 0 Å². The molecule has 0 saturated heterocycles. The third-order valence-electron chi connectivity index (χ3n) is 4.18. The number of rotatable bonds is 6. The lowest BCUT2D eigenvalue weighted by Crippen LogP contribution is -2.38. The van der Waals surface area contributed by atoms with Crippen molar-refractivity contribution >= 4 is 0 Å². The van der Waals surface area contributed by atoms with Gasteiger partial charge in [0.15, 0.2) is 0 Å². The first-order valence-electron chi connectivity index (χ1n) is 7.37. The van der Waals surface area contributed by atoms with Gasteiger partial charge >= 0.3 is 0 Å². The van der Waals surface area contributed by atoms with E-state index in [1.165, 1.54) is 12.8 Å². The van der Waals surface area contributed by atoms with Gasteiger partial charge < -0.3 is 9.73 Å². The van der Waals surface area contributed by atoms with E-state index in [0.29, 0.717) is 6.04 Å². The Kier molecular flexibility index (Phi) is 4.36. The third-order valence-corrected chi connectivity index (χ3v) is 4.18.